The van der Waals surface area contributed by atoms with Gasteiger partial charge in [-0.05, 0) is 30.7 Å². The number of aliphatic carboxylic acids is 1. The summed E-state index contributed by atoms with van der Waals surface area (Å²) in [6.45, 7) is 7.21. The number of rotatable bonds is 4. The van der Waals surface area contributed by atoms with Crippen LogP contribution in [0.2, 0.25) is 0 Å². The minimum atomic E-state index is -1.18. The summed E-state index contributed by atoms with van der Waals surface area (Å²) in [7, 11) is 0. The van der Waals surface area contributed by atoms with Crippen molar-refractivity contribution in [2.24, 2.45) is 0 Å². The van der Waals surface area contributed by atoms with Crippen molar-refractivity contribution in [2.45, 2.75) is 38.4 Å². The summed E-state index contributed by atoms with van der Waals surface area (Å²) in [5.41, 5.74) is 2.47. The number of carbonyl (C=O) groups is 2. The van der Waals surface area contributed by atoms with Crippen LogP contribution in [0.1, 0.15) is 48.4 Å². The van der Waals surface area contributed by atoms with E-state index in [0.29, 0.717) is 22.8 Å². The van der Waals surface area contributed by atoms with Gasteiger partial charge in [0.05, 0.1) is 22.4 Å². The summed E-state index contributed by atoms with van der Waals surface area (Å²) in [4.78, 5) is 26.1. The highest BCUT2D eigenvalue weighted by molar-refractivity contribution is 8.00. The Labute approximate surface area is 200 Å². The number of nitrogens with zero attached hydrogens (tertiary/aromatic N) is 3. The third-order valence-corrected chi connectivity index (χ3v) is 6.82. The standard InChI is InChI=1S/C25H25F2N3O3S/c1-14-6-5-7-16(10-14)30-24-21(23(28-30)25(2,3)4)22(17-9-8-15(26)11-18(17)27)34-13-19(31)29(24)12-20(32)33/h5-11,22H,12-13H2,1-4H3,(H,32,33). The van der Waals surface area contributed by atoms with E-state index in [1.54, 1.807) is 4.68 Å². The van der Waals surface area contributed by atoms with Crippen LogP contribution in [0.5, 0.6) is 0 Å². The molecule has 1 amide bonds. The van der Waals surface area contributed by atoms with Gasteiger partial charge in [-0.25, -0.2) is 13.5 Å². The molecule has 0 saturated carbocycles. The summed E-state index contributed by atoms with van der Waals surface area (Å²) in [6, 6.07) is 10.8. The minimum absolute atomic E-state index is 0.0686. The maximum absolute atomic E-state index is 15.0. The van der Waals surface area contributed by atoms with E-state index in [0.717, 1.165) is 11.6 Å². The molecular formula is C25H25F2N3O3S. The Hall–Kier alpha value is -3.20. The maximum Gasteiger partial charge on any atom is 0.323 e. The van der Waals surface area contributed by atoms with Crippen molar-refractivity contribution < 1.29 is 23.5 Å². The largest absolute Gasteiger partial charge is 0.480 e. The van der Waals surface area contributed by atoms with Gasteiger partial charge >= 0.3 is 5.97 Å². The molecule has 6 nitrogen and oxygen atoms in total. The highest BCUT2D eigenvalue weighted by Crippen LogP contribution is 2.49. The van der Waals surface area contributed by atoms with E-state index in [4.69, 9.17) is 5.10 Å². The number of aryl methyl sites for hydroxylation is 1. The first kappa shape index (κ1) is 23.9. The van der Waals surface area contributed by atoms with Crippen molar-refractivity contribution in [2.75, 3.05) is 17.2 Å². The van der Waals surface area contributed by atoms with Gasteiger partial charge < -0.3 is 5.11 Å². The molecule has 0 fully saturated rings. The number of benzene rings is 2. The second-order valence-electron chi connectivity index (χ2n) is 9.32. The van der Waals surface area contributed by atoms with Gasteiger partial charge in [-0.1, -0.05) is 39.0 Å². The van der Waals surface area contributed by atoms with Gasteiger partial charge in [-0.2, -0.15) is 5.10 Å². The van der Waals surface area contributed by atoms with Crippen LogP contribution in [0.25, 0.3) is 5.69 Å². The average molecular weight is 486 g/mol. The zero-order valence-electron chi connectivity index (χ0n) is 19.3. The van der Waals surface area contributed by atoms with Crippen molar-refractivity contribution in [3.63, 3.8) is 0 Å². The Morgan fingerprint density at radius 1 is 1.21 bits per heavy atom. The van der Waals surface area contributed by atoms with Crippen molar-refractivity contribution in [3.05, 3.63) is 76.5 Å². The molecule has 9 heteroatoms. The molecule has 2 heterocycles. The highest BCUT2D eigenvalue weighted by atomic mass is 32.2. The van der Waals surface area contributed by atoms with Gasteiger partial charge in [0.25, 0.3) is 0 Å². The monoisotopic (exact) mass is 485 g/mol. The molecule has 0 aliphatic carbocycles. The van der Waals surface area contributed by atoms with Crippen LogP contribution in [-0.4, -0.2) is 39.1 Å². The summed E-state index contributed by atoms with van der Waals surface area (Å²) in [5.74, 6) is -2.80. The van der Waals surface area contributed by atoms with E-state index < -0.39 is 40.7 Å². The Bertz CT molecular complexity index is 1280. The molecular weight excluding hydrogens is 460 g/mol. The number of halogens is 2. The third-order valence-electron chi connectivity index (χ3n) is 5.58. The fourth-order valence-electron chi connectivity index (χ4n) is 4.11. The number of carboxylic acid groups (broad SMARTS) is 1. The molecule has 1 aliphatic rings. The molecule has 4 rings (SSSR count). The van der Waals surface area contributed by atoms with Gasteiger partial charge in [-0.3, -0.25) is 14.5 Å². The van der Waals surface area contributed by atoms with Crippen molar-refractivity contribution >= 4 is 29.5 Å². The number of hydrogen-bond donors (Lipinski definition) is 1. The fourth-order valence-corrected chi connectivity index (χ4v) is 5.33. The summed E-state index contributed by atoms with van der Waals surface area (Å²) in [5, 5.41) is 13.8. The van der Waals surface area contributed by atoms with Gasteiger partial charge in [0, 0.05) is 22.6 Å². The lowest BCUT2D eigenvalue weighted by Gasteiger charge is -2.24. The fraction of sp³-hybridized carbons (Fsp3) is 0.320. The van der Waals surface area contributed by atoms with Crippen LogP contribution < -0.4 is 4.90 Å². The molecule has 1 aliphatic heterocycles. The summed E-state index contributed by atoms with van der Waals surface area (Å²) >= 11 is 1.18. The smallest absolute Gasteiger partial charge is 0.323 e. The molecule has 0 saturated heterocycles. The van der Waals surface area contributed by atoms with Gasteiger partial charge in [0.15, 0.2) is 0 Å². The Kier molecular flexibility index (Phi) is 6.24. The van der Waals surface area contributed by atoms with E-state index in [1.165, 1.54) is 28.8 Å². The second kappa shape index (κ2) is 8.87. The predicted molar refractivity (Wildman–Crippen MR) is 128 cm³/mol. The second-order valence-corrected chi connectivity index (χ2v) is 10.4. The molecule has 1 atom stereocenters. The Morgan fingerprint density at radius 2 is 1.94 bits per heavy atom. The zero-order chi connectivity index (χ0) is 24.8. The Morgan fingerprint density at radius 3 is 2.56 bits per heavy atom. The normalized spacial score (nSPS) is 16.4. The molecule has 1 unspecified atom stereocenters. The van der Waals surface area contributed by atoms with Crippen LogP contribution in [0.15, 0.2) is 42.5 Å². The molecule has 0 spiro atoms. The molecule has 3 aromatic rings. The predicted octanol–water partition coefficient (Wildman–Crippen LogP) is 5.01. The van der Waals surface area contributed by atoms with Crippen LogP contribution in [0, 0.1) is 18.6 Å². The van der Waals surface area contributed by atoms with Gasteiger partial charge in [-0.15, -0.1) is 11.8 Å². The summed E-state index contributed by atoms with van der Waals surface area (Å²) in [6.07, 6.45) is 0. The molecule has 178 valence electrons. The molecule has 1 aromatic heterocycles. The third kappa shape index (κ3) is 4.44. The minimum Gasteiger partial charge on any atom is -0.480 e. The lowest BCUT2D eigenvalue weighted by molar-refractivity contribution is -0.136. The van der Waals surface area contributed by atoms with Crippen molar-refractivity contribution in [1.29, 1.82) is 0 Å². The Balaban J connectivity index is 2.09. The van der Waals surface area contributed by atoms with E-state index in [9.17, 15) is 19.1 Å². The van der Waals surface area contributed by atoms with E-state index >= 15 is 4.39 Å². The first-order chi connectivity index (χ1) is 16.0. The van der Waals surface area contributed by atoms with Gasteiger partial charge in [0.1, 0.15) is 24.0 Å². The summed E-state index contributed by atoms with van der Waals surface area (Å²) < 4.78 is 30.3. The van der Waals surface area contributed by atoms with E-state index in [2.05, 4.69) is 0 Å². The SMILES string of the molecule is Cc1cccc(-n2nc(C(C)(C)C)c3c2N(CC(=O)O)C(=O)CSC3c2ccc(F)cc2F)c1. The molecule has 0 radical (unpaired) electrons. The number of thioether (sulfide) groups is 1. The molecule has 2 aromatic carbocycles. The first-order valence-corrected chi connectivity index (χ1v) is 11.8. The quantitative estimate of drug-likeness (QED) is 0.562. The highest BCUT2D eigenvalue weighted by Gasteiger charge is 2.40. The number of amides is 1. The lowest BCUT2D eigenvalue weighted by atomic mass is 9.87. The molecule has 34 heavy (non-hydrogen) atoms. The number of aromatic nitrogens is 2. The average Bonchev–Trinajstić information content (AvgIpc) is 3.08. The van der Waals surface area contributed by atoms with E-state index in [-0.39, 0.29) is 11.3 Å². The number of carbonyl (C=O) groups excluding carboxylic acids is 1. The number of fused-ring (bicyclic) bond motifs is 1. The van der Waals surface area contributed by atoms with Crippen molar-refractivity contribution in [3.8, 4) is 5.69 Å². The number of anilines is 1. The van der Waals surface area contributed by atoms with Crippen LogP contribution in [-0.2, 0) is 15.0 Å². The number of carboxylic acids is 1. The first-order valence-electron chi connectivity index (χ1n) is 10.8. The number of hydrogen-bond acceptors (Lipinski definition) is 4. The molecule has 1 N–H and O–H groups in total. The van der Waals surface area contributed by atoms with Crippen LogP contribution in [0.4, 0.5) is 14.6 Å². The zero-order valence-corrected chi connectivity index (χ0v) is 20.1. The maximum atomic E-state index is 15.0. The van der Waals surface area contributed by atoms with Crippen LogP contribution in [0.3, 0.4) is 0 Å². The lowest BCUT2D eigenvalue weighted by Crippen LogP contribution is -2.38. The van der Waals surface area contributed by atoms with Crippen LogP contribution >= 0.6 is 11.8 Å². The topological polar surface area (TPSA) is 75.4 Å². The van der Waals surface area contributed by atoms with Crippen molar-refractivity contribution in [1.82, 2.24) is 9.78 Å². The van der Waals surface area contributed by atoms with Gasteiger partial charge in [0.2, 0.25) is 5.91 Å². The van der Waals surface area contributed by atoms with E-state index in [1.807, 2.05) is 52.0 Å². The molecule has 0 bridgehead atoms.